The minimum Gasteiger partial charge on any atom is -0.494 e. The van der Waals surface area contributed by atoms with Gasteiger partial charge in [0.25, 0.3) is 11.8 Å². The van der Waals surface area contributed by atoms with E-state index in [1.165, 1.54) is 19.2 Å². The summed E-state index contributed by atoms with van der Waals surface area (Å²) >= 11 is 0. The molecule has 1 aromatic carbocycles. The number of nitrogens with zero attached hydrogens (tertiary/aromatic N) is 3. The molecular weight excluding hydrogens is 361 g/mol. The number of hydrogen-bond acceptors (Lipinski definition) is 4. The molecule has 0 N–H and O–H groups in total. The lowest BCUT2D eigenvalue weighted by molar-refractivity contribution is 0.0573. The third-order valence-electron chi connectivity index (χ3n) is 5.54. The molecule has 2 unspecified atom stereocenters. The molecule has 3 aliphatic heterocycles. The maximum Gasteiger partial charge on any atom is 0.272 e. The standard InChI is InChI=1S/C21H22FN3O3/c1-28-19-8-6-15(10-17(19)22)20(26)25-12-14-5-7-16(25)13-24(11-14)21(27)18-4-2-3-9-23-18/h2-4,6,8-10,14,16H,5,7,11-13H2,1H3. The first-order chi connectivity index (χ1) is 13.6. The van der Waals surface area contributed by atoms with E-state index >= 15 is 0 Å². The zero-order chi connectivity index (χ0) is 19.7. The first-order valence-corrected chi connectivity index (χ1v) is 9.41. The van der Waals surface area contributed by atoms with E-state index in [0.29, 0.717) is 30.9 Å². The van der Waals surface area contributed by atoms with Crippen molar-refractivity contribution in [3.05, 3.63) is 59.7 Å². The average Bonchev–Trinajstić information content (AvgIpc) is 3.05. The number of rotatable bonds is 3. The maximum atomic E-state index is 14.0. The Morgan fingerprint density at radius 1 is 1.11 bits per heavy atom. The van der Waals surface area contributed by atoms with Gasteiger partial charge >= 0.3 is 0 Å². The average molecular weight is 383 g/mol. The van der Waals surface area contributed by atoms with Crippen LogP contribution in [0, 0.1) is 11.7 Å². The molecule has 0 radical (unpaired) electrons. The third kappa shape index (κ3) is 3.44. The fourth-order valence-corrected chi connectivity index (χ4v) is 4.11. The summed E-state index contributed by atoms with van der Waals surface area (Å²) in [4.78, 5) is 33.6. The SMILES string of the molecule is COc1ccc(C(=O)N2CC3CCC2CN(C(=O)c2ccccn2)C3)cc1F. The van der Waals surface area contributed by atoms with Gasteiger partial charge in [0.1, 0.15) is 5.69 Å². The Balaban J connectivity index is 1.54. The molecule has 5 rings (SSSR count). The fraction of sp³-hybridized carbons (Fsp3) is 0.381. The molecule has 3 fully saturated rings. The highest BCUT2D eigenvalue weighted by Gasteiger charge is 2.39. The summed E-state index contributed by atoms with van der Waals surface area (Å²) in [5.41, 5.74) is 0.715. The number of methoxy groups -OCH3 is 1. The summed E-state index contributed by atoms with van der Waals surface area (Å²) in [6.07, 6.45) is 3.41. The highest BCUT2D eigenvalue weighted by molar-refractivity contribution is 5.95. The molecule has 3 aliphatic rings. The van der Waals surface area contributed by atoms with Crippen molar-refractivity contribution in [2.24, 2.45) is 5.92 Å². The molecule has 3 saturated heterocycles. The van der Waals surface area contributed by atoms with E-state index in [2.05, 4.69) is 4.98 Å². The van der Waals surface area contributed by atoms with Crippen LogP contribution in [0.2, 0.25) is 0 Å². The van der Waals surface area contributed by atoms with E-state index in [0.717, 1.165) is 12.8 Å². The zero-order valence-corrected chi connectivity index (χ0v) is 15.7. The van der Waals surface area contributed by atoms with Gasteiger partial charge in [-0.05, 0) is 49.1 Å². The van der Waals surface area contributed by atoms with Crippen molar-refractivity contribution in [3.63, 3.8) is 0 Å². The van der Waals surface area contributed by atoms with E-state index in [1.807, 2.05) is 0 Å². The molecule has 2 bridgehead atoms. The Labute approximate surface area is 162 Å². The Bertz CT molecular complexity index is 890. The Morgan fingerprint density at radius 2 is 1.96 bits per heavy atom. The highest BCUT2D eigenvalue weighted by atomic mass is 19.1. The highest BCUT2D eigenvalue weighted by Crippen LogP contribution is 2.30. The number of fused-ring (bicyclic) bond motifs is 4. The van der Waals surface area contributed by atoms with E-state index in [1.54, 1.807) is 40.3 Å². The number of halogens is 1. The second kappa shape index (κ2) is 7.58. The van der Waals surface area contributed by atoms with Gasteiger partial charge in [-0.2, -0.15) is 0 Å². The van der Waals surface area contributed by atoms with Crippen LogP contribution in [0.4, 0.5) is 4.39 Å². The fourth-order valence-electron chi connectivity index (χ4n) is 4.11. The third-order valence-corrected chi connectivity index (χ3v) is 5.54. The van der Waals surface area contributed by atoms with Gasteiger partial charge in [-0.25, -0.2) is 4.39 Å². The Morgan fingerprint density at radius 3 is 2.68 bits per heavy atom. The number of ether oxygens (including phenoxy) is 1. The summed E-state index contributed by atoms with van der Waals surface area (Å²) in [6.45, 7) is 1.64. The first kappa shape index (κ1) is 18.4. The number of piperidine rings is 1. The molecule has 2 aromatic rings. The topological polar surface area (TPSA) is 62.7 Å². The van der Waals surface area contributed by atoms with Gasteiger partial charge in [-0.15, -0.1) is 0 Å². The summed E-state index contributed by atoms with van der Waals surface area (Å²) < 4.78 is 19.0. The minimum absolute atomic E-state index is 0.0796. The van der Waals surface area contributed by atoms with Crippen LogP contribution in [0.25, 0.3) is 0 Å². The number of amides is 2. The lowest BCUT2D eigenvalue weighted by Gasteiger charge is -2.36. The molecule has 0 spiro atoms. The summed E-state index contributed by atoms with van der Waals surface area (Å²) in [5, 5.41) is 0. The van der Waals surface area contributed by atoms with Crippen molar-refractivity contribution in [1.29, 1.82) is 0 Å². The van der Waals surface area contributed by atoms with Gasteiger partial charge in [0, 0.05) is 37.4 Å². The van der Waals surface area contributed by atoms with Crippen molar-refractivity contribution >= 4 is 11.8 Å². The van der Waals surface area contributed by atoms with Gasteiger partial charge in [0.2, 0.25) is 0 Å². The smallest absolute Gasteiger partial charge is 0.272 e. The van der Waals surface area contributed by atoms with Crippen LogP contribution in [-0.2, 0) is 0 Å². The molecule has 0 saturated carbocycles. The predicted molar refractivity (Wildman–Crippen MR) is 101 cm³/mol. The second-order valence-corrected chi connectivity index (χ2v) is 7.33. The molecule has 2 amide bonds. The molecule has 7 heteroatoms. The van der Waals surface area contributed by atoms with Crippen LogP contribution >= 0.6 is 0 Å². The van der Waals surface area contributed by atoms with Crippen LogP contribution in [-0.4, -0.2) is 59.4 Å². The van der Waals surface area contributed by atoms with Gasteiger partial charge in [-0.1, -0.05) is 6.07 Å². The Hall–Kier alpha value is -2.96. The van der Waals surface area contributed by atoms with Crippen molar-refractivity contribution in [2.75, 3.05) is 26.7 Å². The largest absolute Gasteiger partial charge is 0.494 e. The summed E-state index contributed by atoms with van der Waals surface area (Å²) in [6, 6.07) is 9.46. The molecule has 0 aliphatic carbocycles. The normalized spacial score (nSPS) is 21.4. The molecular formula is C21H22FN3O3. The number of hydrogen-bond donors (Lipinski definition) is 0. The van der Waals surface area contributed by atoms with Crippen molar-refractivity contribution < 1.29 is 18.7 Å². The molecule has 6 nitrogen and oxygen atoms in total. The molecule has 1 aromatic heterocycles. The van der Waals surface area contributed by atoms with Crippen molar-refractivity contribution in [1.82, 2.24) is 14.8 Å². The lowest BCUT2D eigenvalue weighted by Crippen LogP contribution is -2.47. The quantitative estimate of drug-likeness (QED) is 0.817. The molecule has 2 atom stereocenters. The maximum absolute atomic E-state index is 14.0. The van der Waals surface area contributed by atoms with E-state index in [9.17, 15) is 14.0 Å². The van der Waals surface area contributed by atoms with Gasteiger partial charge in [0.05, 0.1) is 7.11 Å². The summed E-state index contributed by atoms with van der Waals surface area (Å²) in [7, 11) is 1.39. The molecule has 4 heterocycles. The number of carbonyl (C=O) groups excluding carboxylic acids is 2. The number of benzene rings is 1. The predicted octanol–water partition coefficient (Wildman–Crippen LogP) is 2.61. The minimum atomic E-state index is -0.555. The van der Waals surface area contributed by atoms with E-state index in [4.69, 9.17) is 4.74 Å². The number of pyridine rings is 1. The Kier molecular flexibility index (Phi) is 4.98. The molecule has 146 valence electrons. The number of aromatic nitrogens is 1. The lowest BCUT2D eigenvalue weighted by atomic mass is 9.94. The van der Waals surface area contributed by atoms with Crippen molar-refractivity contribution in [2.45, 2.75) is 18.9 Å². The van der Waals surface area contributed by atoms with Crippen LogP contribution in [0.3, 0.4) is 0 Å². The van der Waals surface area contributed by atoms with Gasteiger partial charge in [-0.3, -0.25) is 14.6 Å². The van der Waals surface area contributed by atoms with Crippen LogP contribution in [0.5, 0.6) is 5.75 Å². The zero-order valence-electron chi connectivity index (χ0n) is 15.7. The summed E-state index contributed by atoms with van der Waals surface area (Å²) in [5.74, 6) is -0.550. The van der Waals surface area contributed by atoms with Crippen LogP contribution < -0.4 is 4.74 Å². The first-order valence-electron chi connectivity index (χ1n) is 9.41. The van der Waals surface area contributed by atoms with Crippen LogP contribution in [0.1, 0.15) is 33.7 Å². The van der Waals surface area contributed by atoms with E-state index in [-0.39, 0.29) is 29.5 Å². The van der Waals surface area contributed by atoms with Crippen LogP contribution in [0.15, 0.2) is 42.6 Å². The monoisotopic (exact) mass is 383 g/mol. The van der Waals surface area contributed by atoms with Gasteiger partial charge < -0.3 is 14.5 Å². The molecule has 28 heavy (non-hydrogen) atoms. The van der Waals surface area contributed by atoms with Gasteiger partial charge in [0.15, 0.2) is 11.6 Å². The van der Waals surface area contributed by atoms with E-state index < -0.39 is 5.82 Å². The van der Waals surface area contributed by atoms with Crippen molar-refractivity contribution in [3.8, 4) is 5.75 Å². The second-order valence-electron chi connectivity index (χ2n) is 7.33. The number of carbonyl (C=O) groups is 2.